The van der Waals surface area contributed by atoms with E-state index in [1.54, 1.807) is 0 Å². The van der Waals surface area contributed by atoms with Crippen molar-refractivity contribution in [2.24, 2.45) is 5.41 Å². The standard InChI is InChI=1S/C16H34N2/c1-4-5-10-13-18(3)15-16(14-17-2)11-8-6-7-9-12-16/h17H,4-15H2,1-3H3. The molecule has 1 N–H and O–H groups in total. The number of nitrogens with one attached hydrogen (secondary N) is 1. The van der Waals surface area contributed by atoms with E-state index in [1.165, 1.54) is 77.4 Å². The second-order valence-corrected chi connectivity index (χ2v) is 6.39. The molecule has 1 fully saturated rings. The van der Waals surface area contributed by atoms with Crippen LogP contribution in [0.1, 0.15) is 64.7 Å². The van der Waals surface area contributed by atoms with E-state index in [2.05, 4.69) is 31.2 Å². The summed E-state index contributed by atoms with van der Waals surface area (Å²) in [5.74, 6) is 0. The second kappa shape index (κ2) is 8.92. The van der Waals surface area contributed by atoms with Crippen molar-refractivity contribution >= 4 is 0 Å². The van der Waals surface area contributed by atoms with Crippen LogP contribution in [0.3, 0.4) is 0 Å². The summed E-state index contributed by atoms with van der Waals surface area (Å²) in [7, 11) is 4.43. The molecule has 2 heteroatoms. The predicted molar refractivity (Wildman–Crippen MR) is 81.1 cm³/mol. The van der Waals surface area contributed by atoms with Gasteiger partial charge in [0.15, 0.2) is 0 Å². The Hall–Kier alpha value is -0.0800. The summed E-state index contributed by atoms with van der Waals surface area (Å²) in [6, 6.07) is 0. The van der Waals surface area contributed by atoms with E-state index < -0.39 is 0 Å². The van der Waals surface area contributed by atoms with E-state index in [-0.39, 0.29) is 0 Å². The van der Waals surface area contributed by atoms with Crippen LogP contribution >= 0.6 is 0 Å². The molecule has 0 atom stereocenters. The number of unbranched alkanes of at least 4 members (excludes halogenated alkanes) is 2. The third-order valence-electron chi connectivity index (χ3n) is 4.46. The van der Waals surface area contributed by atoms with Gasteiger partial charge in [0.2, 0.25) is 0 Å². The highest BCUT2D eigenvalue weighted by Gasteiger charge is 2.31. The van der Waals surface area contributed by atoms with Crippen LogP contribution in [0.5, 0.6) is 0 Å². The minimum Gasteiger partial charge on any atom is -0.319 e. The maximum Gasteiger partial charge on any atom is 0.00471 e. The quantitative estimate of drug-likeness (QED) is 0.525. The lowest BCUT2D eigenvalue weighted by molar-refractivity contribution is 0.147. The van der Waals surface area contributed by atoms with Gasteiger partial charge >= 0.3 is 0 Å². The van der Waals surface area contributed by atoms with Gasteiger partial charge < -0.3 is 10.2 Å². The molecule has 108 valence electrons. The zero-order valence-electron chi connectivity index (χ0n) is 12.9. The van der Waals surface area contributed by atoms with Gasteiger partial charge in [-0.15, -0.1) is 0 Å². The fourth-order valence-electron chi connectivity index (χ4n) is 3.53. The zero-order chi connectivity index (χ0) is 13.3. The zero-order valence-corrected chi connectivity index (χ0v) is 12.9. The summed E-state index contributed by atoms with van der Waals surface area (Å²) in [5, 5.41) is 3.45. The van der Waals surface area contributed by atoms with Gasteiger partial charge in [-0.3, -0.25) is 0 Å². The average Bonchev–Trinajstić information content (AvgIpc) is 2.56. The Kier molecular flexibility index (Phi) is 7.92. The Bertz CT molecular complexity index is 195. The Morgan fingerprint density at radius 2 is 1.72 bits per heavy atom. The third kappa shape index (κ3) is 5.71. The number of hydrogen-bond acceptors (Lipinski definition) is 2. The minimum atomic E-state index is 0.548. The van der Waals surface area contributed by atoms with Crippen molar-refractivity contribution in [2.45, 2.75) is 64.7 Å². The van der Waals surface area contributed by atoms with E-state index >= 15 is 0 Å². The molecule has 1 saturated carbocycles. The molecule has 0 aromatic carbocycles. The van der Waals surface area contributed by atoms with Gasteiger partial charge in [-0.1, -0.05) is 45.4 Å². The molecule has 0 aliphatic heterocycles. The molecule has 0 spiro atoms. The Morgan fingerprint density at radius 3 is 2.28 bits per heavy atom. The molecule has 0 aromatic heterocycles. The third-order valence-corrected chi connectivity index (χ3v) is 4.46. The second-order valence-electron chi connectivity index (χ2n) is 6.39. The Morgan fingerprint density at radius 1 is 1.06 bits per heavy atom. The van der Waals surface area contributed by atoms with Gasteiger partial charge in [0, 0.05) is 13.1 Å². The van der Waals surface area contributed by atoms with Crippen molar-refractivity contribution in [3.05, 3.63) is 0 Å². The maximum absolute atomic E-state index is 3.45. The van der Waals surface area contributed by atoms with Crippen molar-refractivity contribution in [3.63, 3.8) is 0 Å². The topological polar surface area (TPSA) is 15.3 Å². The maximum atomic E-state index is 3.45. The molecule has 1 aliphatic carbocycles. The van der Waals surface area contributed by atoms with Crippen LogP contribution in [0.4, 0.5) is 0 Å². The van der Waals surface area contributed by atoms with Crippen molar-refractivity contribution in [3.8, 4) is 0 Å². The van der Waals surface area contributed by atoms with E-state index in [4.69, 9.17) is 0 Å². The summed E-state index contributed by atoms with van der Waals surface area (Å²) in [5.41, 5.74) is 0.548. The van der Waals surface area contributed by atoms with Crippen LogP contribution in [0.25, 0.3) is 0 Å². The van der Waals surface area contributed by atoms with E-state index in [9.17, 15) is 0 Å². The highest BCUT2D eigenvalue weighted by molar-refractivity contribution is 4.86. The van der Waals surface area contributed by atoms with Gasteiger partial charge in [-0.05, 0) is 45.3 Å². The molecular weight excluding hydrogens is 220 g/mol. The molecule has 0 bridgehead atoms. The van der Waals surface area contributed by atoms with Crippen molar-refractivity contribution < 1.29 is 0 Å². The van der Waals surface area contributed by atoms with Crippen LogP contribution in [0, 0.1) is 5.41 Å². The molecule has 0 unspecified atom stereocenters. The molecule has 0 saturated heterocycles. The molecule has 0 aromatic rings. The monoisotopic (exact) mass is 254 g/mol. The summed E-state index contributed by atoms with van der Waals surface area (Å²) in [6.07, 6.45) is 12.7. The first-order valence-corrected chi connectivity index (χ1v) is 8.05. The lowest BCUT2D eigenvalue weighted by Gasteiger charge is -2.36. The SMILES string of the molecule is CCCCCN(C)CC1(CNC)CCCCCC1. The fraction of sp³-hybridized carbons (Fsp3) is 1.00. The normalized spacial score (nSPS) is 20.0. The van der Waals surface area contributed by atoms with E-state index in [0.717, 1.165) is 0 Å². The first-order chi connectivity index (χ1) is 8.72. The minimum absolute atomic E-state index is 0.548. The Labute approximate surface area is 115 Å². The molecule has 0 amide bonds. The lowest BCUT2D eigenvalue weighted by Crippen LogP contribution is -2.42. The largest absolute Gasteiger partial charge is 0.319 e. The first-order valence-electron chi connectivity index (χ1n) is 8.05. The average molecular weight is 254 g/mol. The summed E-state index contributed by atoms with van der Waals surface area (Å²) < 4.78 is 0. The highest BCUT2D eigenvalue weighted by Crippen LogP contribution is 2.35. The van der Waals surface area contributed by atoms with Crippen LogP contribution in [0.2, 0.25) is 0 Å². The molecule has 0 heterocycles. The number of nitrogens with zero attached hydrogens (tertiary/aromatic N) is 1. The van der Waals surface area contributed by atoms with Crippen molar-refractivity contribution in [2.75, 3.05) is 33.7 Å². The first kappa shape index (κ1) is 16.0. The summed E-state index contributed by atoms with van der Waals surface area (Å²) >= 11 is 0. The fourth-order valence-corrected chi connectivity index (χ4v) is 3.53. The van der Waals surface area contributed by atoms with Crippen LogP contribution in [-0.2, 0) is 0 Å². The highest BCUT2D eigenvalue weighted by atomic mass is 15.1. The molecule has 1 aliphatic rings. The van der Waals surface area contributed by atoms with Crippen molar-refractivity contribution in [1.29, 1.82) is 0 Å². The molecule has 2 nitrogen and oxygen atoms in total. The smallest absolute Gasteiger partial charge is 0.00471 e. The predicted octanol–water partition coefficient (Wildman–Crippen LogP) is 3.67. The van der Waals surface area contributed by atoms with Crippen LogP contribution in [0.15, 0.2) is 0 Å². The summed E-state index contributed by atoms with van der Waals surface area (Å²) in [6.45, 7) is 6.05. The molecule has 18 heavy (non-hydrogen) atoms. The van der Waals surface area contributed by atoms with Crippen LogP contribution < -0.4 is 5.32 Å². The van der Waals surface area contributed by atoms with E-state index in [1.807, 2.05) is 0 Å². The van der Waals surface area contributed by atoms with Gasteiger partial charge in [-0.25, -0.2) is 0 Å². The van der Waals surface area contributed by atoms with Crippen LogP contribution in [-0.4, -0.2) is 38.6 Å². The summed E-state index contributed by atoms with van der Waals surface area (Å²) in [4.78, 5) is 2.58. The number of hydrogen-bond donors (Lipinski definition) is 1. The van der Waals surface area contributed by atoms with Gasteiger partial charge in [0.25, 0.3) is 0 Å². The molecule has 1 rings (SSSR count). The Balaban J connectivity index is 2.44. The molecular formula is C16H34N2. The van der Waals surface area contributed by atoms with Gasteiger partial charge in [0.05, 0.1) is 0 Å². The van der Waals surface area contributed by atoms with Gasteiger partial charge in [0.1, 0.15) is 0 Å². The lowest BCUT2D eigenvalue weighted by atomic mass is 9.79. The van der Waals surface area contributed by atoms with Gasteiger partial charge in [-0.2, -0.15) is 0 Å². The van der Waals surface area contributed by atoms with E-state index in [0.29, 0.717) is 5.41 Å². The molecule has 0 radical (unpaired) electrons. The number of rotatable bonds is 8. The van der Waals surface area contributed by atoms with Crippen molar-refractivity contribution in [1.82, 2.24) is 10.2 Å².